The number of para-hydroxylation sites is 4. The molecule has 4 heterocycles. The lowest BCUT2D eigenvalue weighted by atomic mass is 10.0. The summed E-state index contributed by atoms with van der Waals surface area (Å²) in [7, 11) is 0. The highest BCUT2D eigenvalue weighted by atomic mass is 16.3. The number of hydrogen-bond acceptors (Lipinski definition) is 3. The molecule has 0 aliphatic rings. The minimum absolute atomic E-state index is 0.835. The van der Waals surface area contributed by atoms with Gasteiger partial charge in [-0.3, -0.25) is 0 Å². The average Bonchev–Trinajstić information content (AvgIpc) is 4.04. The van der Waals surface area contributed by atoms with E-state index in [9.17, 15) is 0 Å². The third kappa shape index (κ3) is 4.38. The van der Waals surface area contributed by atoms with Gasteiger partial charge in [0.05, 0.1) is 27.8 Å². The van der Waals surface area contributed by atoms with Gasteiger partial charge in [-0.25, -0.2) is 4.68 Å². The largest absolute Gasteiger partial charge is 0.454 e. The van der Waals surface area contributed by atoms with Gasteiger partial charge in [0.2, 0.25) is 0 Å². The topological polar surface area (TPSA) is 53.7 Å². The molecule has 12 rings (SSSR count). The van der Waals surface area contributed by atoms with Crippen molar-refractivity contribution in [2.45, 2.75) is 0 Å². The van der Waals surface area contributed by atoms with Gasteiger partial charge in [0, 0.05) is 54.8 Å². The Morgan fingerprint density at radius 1 is 0.411 bits per heavy atom. The van der Waals surface area contributed by atoms with Gasteiger partial charge in [0.25, 0.3) is 0 Å². The van der Waals surface area contributed by atoms with Gasteiger partial charge in [0.1, 0.15) is 17.0 Å². The summed E-state index contributed by atoms with van der Waals surface area (Å²) in [5.74, 6) is 0. The fourth-order valence-electron chi connectivity index (χ4n) is 8.81. The third-order valence-corrected chi connectivity index (χ3v) is 11.2. The minimum Gasteiger partial charge on any atom is -0.454 e. The van der Waals surface area contributed by atoms with Crippen molar-refractivity contribution >= 4 is 65.6 Å². The van der Waals surface area contributed by atoms with Crippen molar-refractivity contribution < 1.29 is 4.42 Å². The van der Waals surface area contributed by atoms with E-state index in [1.807, 2.05) is 35.0 Å². The van der Waals surface area contributed by atoms with E-state index < -0.39 is 0 Å². The summed E-state index contributed by atoms with van der Waals surface area (Å²) < 4.78 is 13.4. The molecule has 6 nitrogen and oxygen atoms in total. The van der Waals surface area contributed by atoms with E-state index in [4.69, 9.17) is 14.7 Å². The lowest BCUT2D eigenvalue weighted by Gasteiger charge is -2.15. The quantitative estimate of drug-likeness (QED) is 0.178. The molecular formula is C50H31N5O. The van der Waals surface area contributed by atoms with Crippen LogP contribution in [-0.4, -0.2) is 24.1 Å². The van der Waals surface area contributed by atoms with Crippen molar-refractivity contribution in [2.75, 3.05) is 0 Å². The summed E-state index contributed by atoms with van der Waals surface area (Å²) in [6.45, 7) is 0. The Morgan fingerprint density at radius 3 is 1.70 bits per heavy atom. The van der Waals surface area contributed by atoms with E-state index >= 15 is 0 Å². The molecule has 12 aromatic rings. The first-order valence-electron chi connectivity index (χ1n) is 18.9. The summed E-state index contributed by atoms with van der Waals surface area (Å²) >= 11 is 0. The second kappa shape index (κ2) is 11.9. The van der Waals surface area contributed by atoms with Crippen LogP contribution in [0.4, 0.5) is 0 Å². The van der Waals surface area contributed by atoms with Crippen molar-refractivity contribution in [3.05, 3.63) is 188 Å². The Morgan fingerprint density at radius 2 is 0.964 bits per heavy atom. The van der Waals surface area contributed by atoms with Crippen molar-refractivity contribution in [1.29, 1.82) is 0 Å². The molecule has 0 amide bonds. The Bertz CT molecular complexity index is 3480. The molecule has 8 aromatic carbocycles. The molecule has 0 radical (unpaired) electrons. The fraction of sp³-hybridized carbons (Fsp3) is 0. The lowest BCUT2D eigenvalue weighted by molar-refractivity contribution is 0.671. The van der Waals surface area contributed by atoms with Crippen molar-refractivity contribution in [3.63, 3.8) is 0 Å². The Labute approximate surface area is 320 Å². The van der Waals surface area contributed by atoms with Gasteiger partial charge in [0.15, 0.2) is 5.58 Å². The van der Waals surface area contributed by atoms with E-state index in [1.54, 1.807) is 0 Å². The highest BCUT2D eigenvalue weighted by Crippen LogP contribution is 2.42. The van der Waals surface area contributed by atoms with Crippen LogP contribution in [0.15, 0.2) is 192 Å². The van der Waals surface area contributed by atoms with Crippen molar-refractivity contribution in [1.82, 2.24) is 24.1 Å². The maximum atomic E-state index is 6.68. The van der Waals surface area contributed by atoms with Crippen LogP contribution in [0.5, 0.6) is 0 Å². The normalized spacial score (nSPS) is 11.9. The number of fused-ring (bicyclic) bond motifs is 10. The second-order valence-corrected chi connectivity index (χ2v) is 14.3. The van der Waals surface area contributed by atoms with Gasteiger partial charge in [-0.15, -0.1) is 5.10 Å². The van der Waals surface area contributed by atoms with Crippen molar-refractivity contribution in [3.8, 4) is 39.6 Å². The Hall–Kier alpha value is -7.70. The van der Waals surface area contributed by atoms with E-state index in [1.165, 1.54) is 10.8 Å². The third-order valence-electron chi connectivity index (χ3n) is 11.2. The molecule has 0 bridgehead atoms. The van der Waals surface area contributed by atoms with Gasteiger partial charge in [-0.2, -0.15) is 0 Å². The van der Waals surface area contributed by atoms with E-state index in [2.05, 4.69) is 167 Å². The van der Waals surface area contributed by atoms with Gasteiger partial charge < -0.3 is 13.6 Å². The fourth-order valence-corrected chi connectivity index (χ4v) is 8.81. The Balaban J connectivity index is 1.15. The predicted molar refractivity (Wildman–Crippen MR) is 228 cm³/mol. The van der Waals surface area contributed by atoms with Crippen LogP contribution in [0.2, 0.25) is 0 Å². The summed E-state index contributed by atoms with van der Waals surface area (Å²) in [6, 6.07) is 66.1. The number of rotatable bonds is 5. The van der Waals surface area contributed by atoms with Crippen LogP contribution in [-0.2, 0) is 0 Å². The van der Waals surface area contributed by atoms with Crippen LogP contribution in [0, 0.1) is 0 Å². The predicted octanol–water partition coefficient (Wildman–Crippen LogP) is 12.7. The molecule has 0 spiro atoms. The molecule has 6 heteroatoms. The highest BCUT2D eigenvalue weighted by molar-refractivity contribution is 6.21. The second-order valence-electron chi connectivity index (χ2n) is 14.3. The number of furan rings is 1. The number of nitrogens with zero attached hydrogens (tertiary/aromatic N) is 5. The number of benzene rings is 8. The van der Waals surface area contributed by atoms with E-state index in [-0.39, 0.29) is 0 Å². The van der Waals surface area contributed by atoms with Crippen LogP contribution >= 0.6 is 0 Å². The Kier molecular flexibility index (Phi) is 6.53. The molecule has 0 atom stereocenters. The number of hydrogen-bond donors (Lipinski definition) is 0. The zero-order chi connectivity index (χ0) is 36.7. The first-order chi connectivity index (χ1) is 27.8. The van der Waals surface area contributed by atoms with Gasteiger partial charge >= 0.3 is 0 Å². The first kappa shape index (κ1) is 30.7. The minimum atomic E-state index is 0.835. The molecule has 4 aromatic heterocycles. The molecular weight excluding hydrogens is 687 g/mol. The highest BCUT2D eigenvalue weighted by Gasteiger charge is 2.24. The SMILES string of the molecule is c1ccc(-c2nnn(-c3cccc4c5ccccc5n(-c5cccc(-n6c7ccccc7c7ccc8c9ccccc9oc8c76)c5)c34)c2-c2ccccc2)cc1. The molecule has 0 saturated carbocycles. The monoisotopic (exact) mass is 717 g/mol. The lowest BCUT2D eigenvalue weighted by Crippen LogP contribution is -2.04. The number of aromatic nitrogens is 5. The molecule has 0 unspecified atom stereocenters. The smallest absolute Gasteiger partial charge is 0.160 e. The maximum Gasteiger partial charge on any atom is 0.160 e. The summed E-state index contributed by atoms with van der Waals surface area (Å²) in [5.41, 5.74) is 13.0. The van der Waals surface area contributed by atoms with Crippen LogP contribution < -0.4 is 0 Å². The maximum absolute atomic E-state index is 6.68. The molecule has 0 N–H and O–H groups in total. The zero-order valence-corrected chi connectivity index (χ0v) is 30.0. The van der Waals surface area contributed by atoms with Crippen LogP contribution in [0.25, 0.3) is 105 Å². The van der Waals surface area contributed by atoms with Crippen molar-refractivity contribution in [2.24, 2.45) is 0 Å². The first-order valence-corrected chi connectivity index (χ1v) is 18.9. The summed E-state index contributed by atoms with van der Waals surface area (Å²) in [6.07, 6.45) is 0. The van der Waals surface area contributed by atoms with Crippen LogP contribution in [0.1, 0.15) is 0 Å². The van der Waals surface area contributed by atoms with Gasteiger partial charge in [-0.05, 0) is 48.5 Å². The molecule has 0 aliphatic carbocycles. The van der Waals surface area contributed by atoms with Gasteiger partial charge in [-0.1, -0.05) is 145 Å². The van der Waals surface area contributed by atoms with E-state index in [0.29, 0.717) is 0 Å². The molecule has 56 heavy (non-hydrogen) atoms. The van der Waals surface area contributed by atoms with Crippen LogP contribution in [0.3, 0.4) is 0 Å². The standard InChI is InChI=1S/C50H31N5O/c1-3-15-32(16-4-1)46-47(33-17-5-2-6-18-33)55(52-51-46)44-27-14-24-39-36-21-7-10-25-42(36)53(48(39)44)34-19-13-20-35(31-34)54-43-26-11-8-22-37(43)40-29-30-41-38-23-9-12-28-45(38)56-50(41)49(40)54/h1-31H. The summed E-state index contributed by atoms with van der Waals surface area (Å²) in [5, 5.41) is 16.6. The molecule has 0 fully saturated rings. The molecule has 0 saturated heterocycles. The molecule has 262 valence electrons. The zero-order valence-electron chi connectivity index (χ0n) is 30.0. The molecule has 0 aliphatic heterocycles. The van der Waals surface area contributed by atoms with E-state index in [0.717, 1.165) is 94.4 Å². The summed E-state index contributed by atoms with van der Waals surface area (Å²) in [4.78, 5) is 0. The average molecular weight is 718 g/mol.